The Labute approximate surface area is 211 Å². The number of Topliss-reactive ketones (excluding diaryl/α,β-unsaturated/α-hetero) is 1. The molecule has 2 aromatic rings. The molecule has 8 heteroatoms. The number of ketones is 1. The summed E-state index contributed by atoms with van der Waals surface area (Å²) < 4.78 is 6.41. The standard InChI is InChI=1S/C28H34N4O4/c1-2-18-9-10-25-20(13-18)22(15-28(36-25)11-6-12-28)29-17-24(33)21(14-19-7-4-3-5-8-19)31-26(34)23-16-30-27(35)32-23/h3-5,7-10,13,21-23,29H,2,6,11-12,14-17H2,1H3,(H,31,34)(H2,30,32,35)/t21-,22-,23?/m0/s1. The fraction of sp³-hybridized carbons (Fsp3) is 0.464. The molecule has 8 nitrogen and oxygen atoms in total. The molecule has 0 bridgehead atoms. The number of hydrogen-bond donors (Lipinski definition) is 4. The highest BCUT2D eigenvalue weighted by atomic mass is 16.5. The number of aryl methyl sites for hydroxylation is 1. The lowest BCUT2D eigenvalue weighted by atomic mass is 9.72. The zero-order valence-corrected chi connectivity index (χ0v) is 20.6. The zero-order valence-electron chi connectivity index (χ0n) is 20.6. The molecule has 1 saturated heterocycles. The molecule has 1 saturated carbocycles. The maximum absolute atomic E-state index is 13.5. The fourth-order valence-corrected chi connectivity index (χ4v) is 5.33. The first kappa shape index (κ1) is 24.3. The summed E-state index contributed by atoms with van der Waals surface area (Å²) in [5.74, 6) is 0.452. The third-order valence-corrected chi connectivity index (χ3v) is 7.62. The van der Waals surface area contributed by atoms with Crippen molar-refractivity contribution >= 4 is 17.7 Å². The highest BCUT2D eigenvalue weighted by molar-refractivity contribution is 5.95. The van der Waals surface area contributed by atoms with Gasteiger partial charge in [-0.1, -0.05) is 49.4 Å². The van der Waals surface area contributed by atoms with Crippen molar-refractivity contribution in [3.05, 3.63) is 65.2 Å². The van der Waals surface area contributed by atoms with E-state index in [9.17, 15) is 14.4 Å². The van der Waals surface area contributed by atoms with Crippen LogP contribution in [0.1, 0.15) is 55.3 Å². The molecule has 190 valence electrons. The molecule has 5 rings (SSSR count). The van der Waals surface area contributed by atoms with Gasteiger partial charge in [0.25, 0.3) is 0 Å². The molecule has 0 aromatic heterocycles. The SMILES string of the molecule is CCc1ccc2c(c1)[C@@H](NCC(=O)[C@H](Cc1ccccc1)NC(=O)C1CNC(=O)N1)CC1(CCC1)O2. The maximum atomic E-state index is 13.5. The summed E-state index contributed by atoms with van der Waals surface area (Å²) in [6.45, 7) is 2.46. The predicted octanol–water partition coefficient (Wildman–Crippen LogP) is 2.56. The number of urea groups is 1. The van der Waals surface area contributed by atoms with E-state index in [1.165, 1.54) is 5.56 Å². The first-order valence-corrected chi connectivity index (χ1v) is 12.9. The molecule has 3 aliphatic rings. The Morgan fingerprint density at radius 3 is 2.61 bits per heavy atom. The molecular formula is C28H34N4O4. The van der Waals surface area contributed by atoms with Crippen LogP contribution in [-0.4, -0.2) is 48.5 Å². The molecular weight excluding hydrogens is 456 g/mol. The minimum absolute atomic E-state index is 0.0101. The third-order valence-electron chi connectivity index (χ3n) is 7.62. The van der Waals surface area contributed by atoms with Gasteiger partial charge >= 0.3 is 6.03 Å². The van der Waals surface area contributed by atoms with Crippen molar-refractivity contribution < 1.29 is 19.1 Å². The van der Waals surface area contributed by atoms with E-state index in [0.29, 0.717) is 6.42 Å². The van der Waals surface area contributed by atoms with Crippen LogP contribution in [0.15, 0.2) is 48.5 Å². The van der Waals surface area contributed by atoms with Crippen molar-refractivity contribution in [2.24, 2.45) is 0 Å². The van der Waals surface area contributed by atoms with Gasteiger partial charge in [-0.25, -0.2) is 4.79 Å². The topological polar surface area (TPSA) is 109 Å². The molecule has 3 amide bonds. The second kappa shape index (κ2) is 10.3. The van der Waals surface area contributed by atoms with Gasteiger partial charge < -0.3 is 26.0 Å². The first-order valence-electron chi connectivity index (χ1n) is 12.9. The zero-order chi connectivity index (χ0) is 25.1. The van der Waals surface area contributed by atoms with Crippen LogP contribution in [-0.2, 0) is 22.4 Å². The Morgan fingerprint density at radius 2 is 1.94 bits per heavy atom. The number of carbonyl (C=O) groups excluding carboxylic acids is 3. The van der Waals surface area contributed by atoms with E-state index in [1.54, 1.807) is 0 Å². The number of amides is 3. The predicted molar refractivity (Wildman–Crippen MR) is 136 cm³/mol. The minimum Gasteiger partial charge on any atom is -0.487 e. The van der Waals surface area contributed by atoms with Crippen LogP contribution >= 0.6 is 0 Å². The summed E-state index contributed by atoms with van der Waals surface area (Å²) in [5.41, 5.74) is 3.15. The van der Waals surface area contributed by atoms with Crippen molar-refractivity contribution in [2.45, 2.75) is 69.2 Å². The Morgan fingerprint density at radius 1 is 1.14 bits per heavy atom. The lowest BCUT2D eigenvalue weighted by Crippen LogP contribution is -2.53. The molecule has 4 N–H and O–H groups in total. The van der Waals surface area contributed by atoms with Crippen LogP contribution in [0, 0.1) is 0 Å². The summed E-state index contributed by atoms with van der Waals surface area (Å²) in [6.07, 6.45) is 5.36. The van der Waals surface area contributed by atoms with E-state index in [1.807, 2.05) is 30.3 Å². The molecule has 1 spiro atoms. The van der Waals surface area contributed by atoms with Gasteiger partial charge in [0.2, 0.25) is 5.91 Å². The van der Waals surface area contributed by atoms with Gasteiger partial charge in [0.1, 0.15) is 17.4 Å². The summed E-state index contributed by atoms with van der Waals surface area (Å²) in [5, 5.41) is 11.6. The number of fused-ring (bicyclic) bond motifs is 1. The summed E-state index contributed by atoms with van der Waals surface area (Å²) in [7, 11) is 0. The van der Waals surface area contributed by atoms with Crippen molar-refractivity contribution in [3.63, 3.8) is 0 Å². The smallest absolute Gasteiger partial charge is 0.315 e. The minimum atomic E-state index is -0.705. The maximum Gasteiger partial charge on any atom is 0.315 e. The van der Waals surface area contributed by atoms with Crippen molar-refractivity contribution in [2.75, 3.05) is 13.1 Å². The Bertz CT molecular complexity index is 1130. The molecule has 0 radical (unpaired) electrons. The first-order chi connectivity index (χ1) is 17.4. The number of carbonyl (C=O) groups is 3. The van der Waals surface area contributed by atoms with Crippen LogP contribution in [0.4, 0.5) is 4.79 Å². The van der Waals surface area contributed by atoms with E-state index in [2.05, 4.69) is 46.4 Å². The van der Waals surface area contributed by atoms with Crippen LogP contribution in [0.2, 0.25) is 0 Å². The molecule has 1 unspecified atom stereocenters. The molecule has 36 heavy (non-hydrogen) atoms. The van der Waals surface area contributed by atoms with Crippen LogP contribution in [0.25, 0.3) is 0 Å². The van der Waals surface area contributed by atoms with Crippen LogP contribution < -0.4 is 26.0 Å². The third kappa shape index (κ3) is 5.23. The summed E-state index contributed by atoms with van der Waals surface area (Å²) in [6, 6.07) is 14.2. The molecule has 3 atom stereocenters. The van der Waals surface area contributed by atoms with Gasteiger partial charge in [-0.15, -0.1) is 0 Å². The van der Waals surface area contributed by atoms with Crippen molar-refractivity contribution in [1.82, 2.24) is 21.3 Å². The van der Waals surface area contributed by atoms with Crippen LogP contribution in [0.5, 0.6) is 5.75 Å². The lowest BCUT2D eigenvalue weighted by molar-refractivity contribution is -0.128. The Kier molecular flexibility index (Phi) is 6.96. The van der Waals surface area contributed by atoms with E-state index < -0.39 is 12.1 Å². The highest BCUT2D eigenvalue weighted by Crippen LogP contribution is 2.49. The monoisotopic (exact) mass is 490 g/mol. The Balaban J connectivity index is 1.30. The van der Waals surface area contributed by atoms with E-state index in [4.69, 9.17) is 4.74 Å². The van der Waals surface area contributed by atoms with Crippen molar-refractivity contribution in [3.8, 4) is 5.75 Å². The van der Waals surface area contributed by atoms with Gasteiger partial charge in [0.05, 0.1) is 12.6 Å². The van der Waals surface area contributed by atoms with Gasteiger partial charge in [-0.2, -0.15) is 0 Å². The molecule has 1 aliphatic carbocycles. The molecule has 2 heterocycles. The van der Waals surface area contributed by atoms with Crippen molar-refractivity contribution in [1.29, 1.82) is 0 Å². The quantitative estimate of drug-likeness (QED) is 0.432. The highest BCUT2D eigenvalue weighted by Gasteiger charge is 2.45. The summed E-state index contributed by atoms with van der Waals surface area (Å²) >= 11 is 0. The average Bonchev–Trinajstić information content (AvgIpc) is 3.32. The number of nitrogens with one attached hydrogen (secondary N) is 4. The molecule has 2 aromatic carbocycles. The second-order valence-corrected chi connectivity index (χ2v) is 10.1. The summed E-state index contributed by atoms with van der Waals surface area (Å²) in [4.78, 5) is 37.8. The van der Waals surface area contributed by atoms with Gasteiger partial charge in [0, 0.05) is 24.6 Å². The van der Waals surface area contributed by atoms with Crippen LogP contribution in [0.3, 0.4) is 0 Å². The average molecular weight is 491 g/mol. The largest absolute Gasteiger partial charge is 0.487 e. The molecule has 2 fully saturated rings. The normalized spacial score (nSPS) is 22.4. The van der Waals surface area contributed by atoms with Gasteiger partial charge in [-0.05, 0) is 49.3 Å². The number of ether oxygens (including phenoxy) is 1. The Hall–Kier alpha value is -3.39. The fourth-order valence-electron chi connectivity index (χ4n) is 5.33. The number of rotatable bonds is 9. The van der Waals surface area contributed by atoms with E-state index in [-0.39, 0.29) is 42.5 Å². The van der Waals surface area contributed by atoms with E-state index >= 15 is 0 Å². The van der Waals surface area contributed by atoms with Gasteiger partial charge in [0.15, 0.2) is 5.78 Å². The van der Waals surface area contributed by atoms with Gasteiger partial charge in [-0.3, -0.25) is 9.59 Å². The lowest BCUT2D eigenvalue weighted by Gasteiger charge is -2.48. The number of hydrogen-bond acceptors (Lipinski definition) is 5. The second-order valence-electron chi connectivity index (χ2n) is 10.1. The van der Waals surface area contributed by atoms with E-state index in [0.717, 1.165) is 49.0 Å². The number of benzene rings is 2. The molecule has 2 aliphatic heterocycles.